The number of unbranched alkanes of at least 4 members (excludes halogenated alkanes) is 3. The quantitative estimate of drug-likeness (QED) is 0.432. The fourth-order valence-corrected chi connectivity index (χ4v) is 4.05. The monoisotopic (exact) mass is 411 g/mol. The number of ether oxygens (including phenoxy) is 1. The summed E-state index contributed by atoms with van der Waals surface area (Å²) in [4.78, 5) is 12.2. The van der Waals surface area contributed by atoms with Gasteiger partial charge in [-0.25, -0.2) is 9.97 Å². The first-order valence-electron chi connectivity index (χ1n) is 11.2. The van der Waals surface area contributed by atoms with Crippen molar-refractivity contribution in [2.24, 2.45) is 0 Å². The van der Waals surface area contributed by atoms with Gasteiger partial charge in [-0.15, -0.1) is 0 Å². The Balaban J connectivity index is 2.04. The molecule has 3 rings (SSSR count). The second-order valence-corrected chi connectivity index (χ2v) is 8.34. The lowest BCUT2D eigenvalue weighted by atomic mass is 10.1. The average Bonchev–Trinajstić information content (AvgIpc) is 3.09. The second-order valence-electron chi connectivity index (χ2n) is 8.34. The predicted octanol–water partition coefficient (Wildman–Crippen LogP) is 4.85. The molecular weight excluding hydrogens is 374 g/mol. The van der Waals surface area contributed by atoms with Gasteiger partial charge in [0.1, 0.15) is 11.3 Å². The van der Waals surface area contributed by atoms with Crippen LogP contribution in [0.15, 0.2) is 18.2 Å². The third kappa shape index (κ3) is 5.10. The Kier molecular flexibility index (Phi) is 8.05. The standard InChI is InChI=1S/C24H37N5O/c1-6-7-11-21-27-22-23(29(21)15-10-8-9-14-28(3)4)19-13-12-18(17-30-5)16-20(19)26-24(22)25-2/h12-13,16H,6-11,14-15,17H2,1-5H3,(H,25,26). The molecule has 164 valence electrons. The zero-order valence-electron chi connectivity index (χ0n) is 19.3. The average molecular weight is 412 g/mol. The van der Waals surface area contributed by atoms with Gasteiger partial charge in [-0.3, -0.25) is 0 Å². The van der Waals surface area contributed by atoms with E-state index in [0.717, 1.165) is 48.3 Å². The summed E-state index contributed by atoms with van der Waals surface area (Å²) in [5.41, 5.74) is 4.34. The van der Waals surface area contributed by atoms with Crippen LogP contribution in [0, 0.1) is 0 Å². The van der Waals surface area contributed by atoms with Crippen LogP contribution in [-0.4, -0.2) is 54.2 Å². The SMILES string of the molecule is CCCCc1nc2c(NC)nc3cc(COC)ccc3c2n1CCCCCN(C)C. The number of aryl methyl sites for hydroxylation is 2. The number of hydrogen-bond donors (Lipinski definition) is 1. The Morgan fingerprint density at radius 3 is 2.63 bits per heavy atom. The molecule has 0 bridgehead atoms. The predicted molar refractivity (Wildman–Crippen MR) is 126 cm³/mol. The molecule has 2 aromatic heterocycles. The first-order chi connectivity index (χ1) is 14.6. The van der Waals surface area contributed by atoms with Crippen LogP contribution < -0.4 is 5.32 Å². The van der Waals surface area contributed by atoms with Crippen molar-refractivity contribution in [2.45, 2.75) is 58.6 Å². The van der Waals surface area contributed by atoms with E-state index in [0.29, 0.717) is 6.61 Å². The molecule has 0 amide bonds. The highest BCUT2D eigenvalue weighted by Crippen LogP contribution is 2.31. The molecule has 3 aromatic rings. The fourth-order valence-electron chi connectivity index (χ4n) is 4.05. The summed E-state index contributed by atoms with van der Waals surface area (Å²) in [7, 11) is 7.94. The van der Waals surface area contributed by atoms with Gasteiger partial charge >= 0.3 is 0 Å². The molecule has 6 nitrogen and oxygen atoms in total. The van der Waals surface area contributed by atoms with Crippen molar-refractivity contribution in [3.8, 4) is 0 Å². The zero-order chi connectivity index (χ0) is 21.5. The number of hydrogen-bond acceptors (Lipinski definition) is 5. The molecule has 0 unspecified atom stereocenters. The van der Waals surface area contributed by atoms with E-state index in [1.165, 1.54) is 42.4 Å². The summed E-state index contributed by atoms with van der Waals surface area (Å²) in [6, 6.07) is 6.47. The molecule has 30 heavy (non-hydrogen) atoms. The first-order valence-corrected chi connectivity index (χ1v) is 11.2. The molecule has 1 aromatic carbocycles. The minimum absolute atomic E-state index is 0.595. The highest BCUT2D eigenvalue weighted by atomic mass is 16.5. The van der Waals surface area contributed by atoms with Gasteiger partial charge in [-0.05, 0) is 51.5 Å². The summed E-state index contributed by atoms with van der Waals surface area (Å²) in [5, 5.41) is 4.45. The largest absolute Gasteiger partial charge is 0.380 e. The molecule has 0 spiro atoms. The Bertz CT molecular complexity index is 963. The molecule has 0 saturated carbocycles. The number of anilines is 1. The van der Waals surface area contributed by atoms with Gasteiger partial charge in [0.2, 0.25) is 0 Å². The fraction of sp³-hybridized carbons (Fsp3) is 0.583. The van der Waals surface area contributed by atoms with E-state index in [1.54, 1.807) is 7.11 Å². The van der Waals surface area contributed by atoms with Crippen LogP contribution in [0.2, 0.25) is 0 Å². The van der Waals surface area contributed by atoms with E-state index in [-0.39, 0.29) is 0 Å². The molecule has 0 fully saturated rings. The van der Waals surface area contributed by atoms with Crippen molar-refractivity contribution >= 4 is 27.8 Å². The number of benzene rings is 1. The number of methoxy groups -OCH3 is 1. The van der Waals surface area contributed by atoms with Crippen LogP contribution in [-0.2, 0) is 24.3 Å². The molecule has 2 heterocycles. The van der Waals surface area contributed by atoms with E-state index >= 15 is 0 Å². The number of fused-ring (bicyclic) bond motifs is 3. The maximum atomic E-state index is 5.32. The molecule has 1 N–H and O–H groups in total. The van der Waals surface area contributed by atoms with Gasteiger partial charge in [-0.1, -0.05) is 31.9 Å². The highest BCUT2D eigenvalue weighted by molar-refractivity contribution is 6.07. The Morgan fingerprint density at radius 1 is 1.10 bits per heavy atom. The number of imidazole rings is 1. The van der Waals surface area contributed by atoms with Crippen LogP contribution in [0.5, 0.6) is 0 Å². The second kappa shape index (κ2) is 10.7. The van der Waals surface area contributed by atoms with E-state index in [4.69, 9.17) is 14.7 Å². The topological polar surface area (TPSA) is 55.2 Å². The number of nitrogens with one attached hydrogen (secondary N) is 1. The normalized spacial score (nSPS) is 11.8. The van der Waals surface area contributed by atoms with E-state index in [9.17, 15) is 0 Å². The molecular formula is C24H37N5O. The number of pyridine rings is 1. The number of aromatic nitrogens is 3. The van der Waals surface area contributed by atoms with Crippen molar-refractivity contribution < 1.29 is 4.74 Å². The van der Waals surface area contributed by atoms with Crippen molar-refractivity contribution in [1.82, 2.24) is 19.4 Å². The lowest BCUT2D eigenvalue weighted by molar-refractivity contribution is 0.185. The van der Waals surface area contributed by atoms with Crippen molar-refractivity contribution in [3.05, 3.63) is 29.6 Å². The molecule has 0 aliphatic heterocycles. The van der Waals surface area contributed by atoms with Crippen LogP contribution >= 0.6 is 0 Å². The highest BCUT2D eigenvalue weighted by Gasteiger charge is 2.18. The van der Waals surface area contributed by atoms with Gasteiger partial charge < -0.3 is 19.5 Å². The molecule has 0 aliphatic rings. The maximum absolute atomic E-state index is 5.32. The number of rotatable bonds is 12. The van der Waals surface area contributed by atoms with Gasteiger partial charge in [0.05, 0.1) is 17.6 Å². The smallest absolute Gasteiger partial charge is 0.154 e. The third-order valence-electron chi connectivity index (χ3n) is 5.61. The van der Waals surface area contributed by atoms with Crippen LogP contribution in [0.4, 0.5) is 5.82 Å². The van der Waals surface area contributed by atoms with Crippen LogP contribution in [0.1, 0.15) is 50.4 Å². The minimum Gasteiger partial charge on any atom is -0.380 e. The van der Waals surface area contributed by atoms with Gasteiger partial charge in [0.15, 0.2) is 5.82 Å². The van der Waals surface area contributed by atoms with Crippen molar-refractivity contribution in [1.29, 1.82) is 0 Å². The van der Waals surface area contributed by atoms with Crippen LogP contribution in [0.25, 0.3) is 21.9 Å². The Hall–Kier alpha value is -2.18. The lowest BCUT2D eigenvalue weighted by Gasteiger charge is -2.13. The summed E-state index contributed by atoms with van der Waals surface area (Å²) >= 11 is 0. The van der Waals surface area contributed by atoms with E-state index in [2.05, 4.69) is 54.0 Å². The van der Waals surface area contributed by atoms with E-state index in [1.807, 2.05) is 7.05 Å². The molecule has 0 aliphatic carbocycles. The molecule has 6 heteroatoms. The Labute approximate surface area is 180 Å². The Morgan fingerprint density at radius 2 is 1.93 bits per heavy atom. The zero-order valence-corrected chi connectivity index (χ0v) is 19.3. The van der Waals surface area contributed by atoms with Crippen LogP contribution in [0.3, 0.4) is 0 Å². The minimum atomic E-state index is 0.595. The summed E-state index contributed by atoms with van der Waals surface area (Å²) in [6.07, 6.45) is 6.96. The van der Waals surface area contributed by atoms with Gasteiger partial charge in [-0.2, -0.15) is 0 Å². The van der Waals surface area contributed by atoms with Gasteiger partial charge in [0, 0.05) is 32.5 Å². The summed E-state index contributed by atoms with van der Waals surface area (Å²) in [6.45, 7) is 4.98. The molecule has 0 radical (unpaired) electrons. The number of nitrogens with zero attached hydrogens (tertiary/aromatic N) is 4. The van der Waals surface area contributed by atoms with Gasteiger partial charge in [0.25, 0.3) is 0 Å². The maximum Gasteiger partial charge on any atom is 0.154 e. The summed E-state index contributed by atoms with van der Waals surface area (Å²) < 4.78 is 7.78. The third-order valence-corrected chi connectivity index (χ3v) is 5.61. The molecule has 0 saturated heterocycles. The van der Waals surface area contributed by atoms with Crippen molar-refractivity contribution in [3.63, 3.8) is 0 Å². The summed E-state index contributed by atoms with van der Waals surface area (Å²) in [5.74, 6) is 2.04. The first kappa shape index (κ1) is 22.5. The van der Waals surface area contributed by atoms with Crippen molar-refractivity contribution in [2.75, 3.05) is 40.1 Å². The lowest BCUT2D eigenvalue weighted by Crippen LogP contribution is -2.13. The van der Waals surface area contributed by atoms with E-state index < -0.39 is 0 Å². The molecule has 0 atom stereocenters.